The van der Waals surface area contributed by atoms with Gasteiger partial charge in [0.2, 0.25) is 0 Å². The number of carbonyl (C=O) groups excluding carboxylic acids is 2. The van der Waals surface area contributed by atoms with Gasteiger partial charge >= 0.3 is 6.03 Å². The van der Waals surface area contributed by atoms with Crippen LogP contribution < -0.4 is 10.6 Å². The molecule has 3 rings (SSSR count). The van der Waals surface area contributed by atoms with E-state index in [2.05, 4.69) is 15.6 Å². The van der Waals surface area contributed by atoms with Crippen LogP contribution in [0.2, 0.25) is 0 Å². The van der Waals surface area contributed by atoms with E-state index in [1.165, 1.54) is 29.3 Å². The summed E-state index contributed by atoms with van der Waals surface area (Å²) in [5, 5.41) is 5.60. The zero-order valence-electron chi connectivity index (χ0n) is 14.0. The van der Waals surface area contributed by atoms with Crippen LogP contribution in [0.3, 0.4) is 0 Å². The van der Waals surface area contributed by atoms with Gasteiger partial charge in [-0.15, -0.1) is 0 Å². The Balaban J connectivity index is 1.66. The third kappa shape index (κ3) is 3.76. The van der Waals surface area contributed by atoms with E-state index in [9.17, 15) is 14.0 Å². The predicted octanol–water partition coefficient (Wildman–Crippen LogP) is 2.73. The van der Waals surface area contributed by atoms with Crippen molar-refractivity contribution in [2.75, 3.05) is 19.4 Å². The molecule has 130 valence electrons. The van der Waals surface area contributed by atoms with Gasteiger partial charge in [-0.25, -0.2) is 9.18 Å². The molecule has 0 unspecified atom stereocenters. The second-order valence-corrected chi connectivity index (χ2v) is 6.16. The van der Waals surface area contributed by atoms with Crippen LogP contribution in [0, 0.1) is 5.82 Å². The van der Waals surface area contributed by atoms with Gasteiger partial charge in [0.05, 0.1) is 6.04 Å². The number of urea groups is 1. The van der Waals surface area contributed by atoms with Crippen molar-refractivity contribution in [1.29, 1.82) is 0 Å². The van der Waals surface area contributed by atoms with Crippen molar-refractivity contribution in [3.05, 3.63) is 59.2 Å². The van der Waals surface area contributed by atoms with E-state index in [4.69, 9.17) is 0 Å². The lowest BCUT2D eigenvalue weighted by Gasteiger charge is -2.15. The molecule has 1 aromatic carbocycles. The third-order valence-corrected chi connectivity index (χ3v) is 4.13. The molecule has 2 N–H and O–H groups in total. The number of aromatic nitrogens is 1. The molecule has 1 heterocycles. The summed E-state index contributed by atoms with van der Waals surface area (Å²) in [4.78, 5) is 29.6. The topological polar surface area (TPSA) is 74.3 Å². The van der Waals surface area contributed by atoms with E-state index in [0.717, 1.165) is 24.0 Å². The molecule has 0 saturated carbocycles. The number of benzene rings is 1. The number of nitrogens with zero attached hydrogens (tertiary/aromatic N) is 2. The summed E-state index contributed by atoms with van der Waals surface area (Å²) < 4.78 is 13.3. The van der Waals surface area contributed by atoms with Crippen molar-refractivity contribution in [2.24, 2.45) is 0 Å². The van der Waals surface area contributed by atoms with Gasteiger partial charge in [-0.3, -0.25) is 9.78 Å². The van der Waals surface area contributed by atoms with Gasteiger partial charge < -0.3 is 15.5 Å². The maximum atomic E-state index is 13.3. The largest absolute Gasteiger partial charge is 0.343 e. The first-order valence-corrected chi connectivity index (χ1v) is 7.97. The average Bonchev–Trinajstić information content (AvgIpc) is 2.96. The molecule has 0 aliphatic heterocycles. The number of aryl methyl sites for hydroxylation is 1. The molecular weight excluding hydrogens is 323 g/mol. The number of nitrogens with one attached hydrogen (secondary N) is 2. The summed E-state index contributed by atoms with van der Waals surface area (Å²) in [6.07, 6.45) is 2.93. The van der Waals surface area contributed by atoms with E-state index in [0.29, 0.717) is 5.69 Å². The number of hydrogen-bond acceptors (Lipinski definition) is 3. The maximum absolute atomic E-state index is 13.3. The third-order valence-electron chi connectivity index (χ3n) is 4.13. The Morgan fingerprint density at radius 2 is 2.04 bits per heavy atom. The average molecular weight is 342 g/mol. The number of anilines is 1. The Bertz CT molecular complexity index is 822. The molecular formula is C18H19FN4O2. The van der Waals surface area contributed by atoms with E-state index in [1.54, 1.807) is 26.2 Å². The molecule has 3 amide bonds. The first-order chi connectivity index (χ1) is 11.9. The number of rotatable bonds is 3. The van der Waals surface area contributed by atoms with Crippen molar-refractivity contribution >= 4 is 17.6 Å². The van der Waals surface area contributed by atoms with Gasteiger partial charge in [-0.1, -0.05) is 6.07 Å². The van der Waals surface area contributed by atoms with Crippen LogP contribution in [-0.4, -0.2) is 35.9 Å². The molecule has 0 spiro atoms. The first kappa shape index (κ1) is 16.9. The lowest BCUT2D eigenvalue weighted by Crippen LogP contribution is -2.31. The van der Waals surface area contributed by atoms with Crippen molar-refractivity contribution in [1.82, 2.24) is 15.2 Å². The summed E-state index contributed by atoms with van der Waals surface area (Å²) in [5.74, 6) is -0.505. The second kappa shape index (κ2) is 6.88. The van der Waals surface area contributed by atoms with Crippen molar-refractivity contribution in [3.63, 3.8) is 0 Å². The minimum Gasteiger partial charge on any atom is -0.343 e. The Kier molecular flexibility index (Phi) is 4.65. The standard InChI is InChI=1S/C18H19FN4O2/c1-23(2)17(24)16-10-13(7-8-20-16)21-18(25)22-15-6-3-11-9-12(19)4-5-14(11)15/h4-5,7-10,15H,3,6H2,1-2H3,(H2,20,21,22,25)/t15-/m1/s1. The number of hydrogen-bond donors (Lipinski definition) is 2. The highest BCUT2D eigenvalue weighted by Crippen LogP contribution is 2.31. The monoisotopic (exact) mass is 342 g/mol. The highest BCUT2D eigenvalue weighted by molar-refractivity contribution is 5.95. The minimum atomic E-state index is -0.378. The number of fused-ring (bicyclic) bond motifs is 1. The molecule has 1 aliphatic rings. The van der Waals surface area contributed by atoms with E-state index < -0.39 is 0 Å². The van der Waals surface area contributed by atoms with Crippen molar-refractivity contribution in [3.8, 4) is 0 Å². The second-order valence-electron chi connectivity index (χ2n) is 6.16. The Morgan fingerprint density at radius 1 is 1.24 bits per heavy atom. The van der Waals surface area contributed by atoms with Crippen LogP contribution in [0.15, 0.2) is 36.5 Å². The highest BCUT2D eigenvalue weighted by atomic mass is 19.1. The van der Waals surface area contributed by atoms with Crippen LogP contribution in [-0.2, 0) is 6.42 Å². The molecule has 1 aromatic heterocycles. The van der Waals surface area contributed by atoms with Gasteiger partial charge in [0.15, 0.2) is 0 Å². The van der Waals surface area contributed by atoms with Gasteiger partial charge in [0.1, 0.15) is 11.5 Å². The lowest BCUT2D eigenvalue weighted by molar-refractivity contribution is 0.0822. The fourth-order valence-corrected chi connectivity index (χ4v) is 2.92. The fourth-order valence-electron chi connectivity index (χ4n) is 2.92. The smallest absolute Gasteiger partial charge is 0.319 e. The molecule has 25 heavy (non-hydrogen) atoms. The summed E-state index contributed by atoms with van der Waals surface area (Å²) in [6.45, 7) is 0. The summed E-state index contributed by atoms with van der Waals surface area (Å²) in [6, 6.07) is 7.24. The summed E-state index contributed by atoms with van der Waals surface area (Å²) in [7, 11) is 3.27. The molecule has 2 aromatic rings. The molecule has 1 aliphatic carbocycles. The van der Waals surface area contributed by atoms with Gasteiger partial charge in [-0.2, -0.15) is 0 Å². The minimum absolute atomic E-state index is 0.152. The zero-order chi connectivity index (χ0) is 18.0. The predicted molar refractivity (Wildman–Crippen MR) is 91.9 cm³/mol. The van der Waals surface area contributed by atoms with Crippen LogP contribution in [0.4, 0.5) is 14.9 Å². The van der Waals surface area contributed by atoms with Gasteiger partial charge in [0.25, 0.3) is 5.91 Å². The molecule has 6 nitrogen and oxygen atoms in total. The van der Waals surface area contributed by atoms with Gasteiger partial charge in [0, 0.05) is 26.0 Å². The molecule has 0 radical (unpaired) electrons. The Morgan fingerprint density at radius 3 is 2.80 bits per heavy atom. The lowest BCUT2D eigenvalue weighted by atomic mass is 10.1. The normalized spacial score (nSPS) is 15.4. The first-order valence-electron chi connectivity index (χ1n) is 7.97. The molecule has 0 bridgehead atoms. The highest BCUT2D eigenvalue weighted by Gasteiger charge is 2.24. The van der Waals surface area contributed by atoms with E-state index >= 15 is 0 Å². The molecule has 7 heteroatoms. The van der Waals surface area contributed by atoms with Crippen LogP contribution in [0.1, 0.15) is 34.1 Å². The number of amides is 3. The van der Waals surface area contributed by atoms with Crippen molar-refractivity contribution < 1.29 is 14.0 Å². The van der Waals surface area contributed by atoms with Crippen molar-refractivity contribution in [2.45, 2.75) is 18.9 Å². The number of halogens is 1. The quantitative estimate of drug-likeness (QED) is 0.901. The molecule has 0 fully saturated rings. The van der Waals surface area contributed by atoms with Crippen LogP contribution in [0.5, 0.6) is 0 Å². The Hall–Kier alpha value is -2.96. The SMILES string of the molecule is CN(C)C(=O)c1cc(NC(=O)N[C@@H]2CCc3cc(F)ccc32)ccn1. The summed E-state index contributed by atoms with van der Waals surface area (Å²) in [5.41, 5.74) is 2.60. The number of pyridine rings is 1. The fraction of sp³-hybridized carbons (Fsp3) is 0.278. The van der Waals surface area contributed by atoms with Crippen LogP contribution in [0.25, 0.3) is 0 Å². The van der Waals surface area contributed by atoms with E-state index in [-0.39, 0.29) is 29.5 Å². The van der Waals surface area contributed by atoms with E-state index in [1.807, 2.05) is 0 Å². The van der Waals surface area contributed by atoms with Gasteiger partial charge in [-0.05, 0) is 48.2 Å². The number of carbonyl (C=O) groups is 2. The maximum Gasteiger partial charge on any atom is 0.319 e. The Labute approximate surface area is 145 Å². The molecule has 0 saturated heterocycles. The zero-order valence-corrected chi connectivity index (χ0v) is 14.0. The summed E-state index contributed by atoms with van der Waals surface area (Å²) >= 11 is 0. The van der Waals surface area contributed by atoms with Crippen LogP contribution >= 0.6 is 0 Å². The molecule has 1 atom stereocenters.